The molecule has 0 bridgehead atoms. The summed E-state index contributed by atoms with van der Waals surface area (Å²) in [5.41, 5.74) is 2.66. The molecule has 1 fully saturated rings. The van der Waals surface area contributed by atoms with Crippen LogP contribution in [0, 0.1) is 6.92 Å². The van der Waals surface area contributed by atoms with Gasteiger partial charge in [-0.1, -0.05) is 35.5 Å². The lowest BCUT2D eigenvalue weighted by Gasteiger charge is -2.33. The maximum atomic E-state index is 12.2. The molecule has 6 heteroatoms. The summed E-state index contributed by atoms with van der Waals surface area (Å²) in [5, 5.41) is 8.66. The van der Waals surface area contributed by atoms with Crippen molar-refractivity contribution in [1.29, 1.82) is 0 Å². The van der Waals surface area contributed by atoms with Crippen LogP contribution in [0.5, 0.6) is 0 Å². The Hall–Kier alpha value is -2.37. The normalized spacial score (nSPS) is 16.1. The standard InChI is InChI=1S/C19H26N4O2/c1-14-17(15-8-6-5-7-9-15)23(21-20-14)16-10-12-22(13-11-16)18(24)25-19(2,3)4/h5-9,16H,10-13H2,1-4H3. The number of carbonyl (C=O) groups is 1. The number of amides is 1. The first-order valence-electron chi connectivity index (χ1n) is 8.80. The Kier molecular flexibility index (Phi) is 4.79. The Labute approximate surface area is 148 Å². The highest BCUT2D eigenvalue weighted by Crippen LogP contribution is 2.30. The van der Waals surface area contributed by atoms with Crippen LogP contribution >= 0.6 is 0 Å². The Bertz CT molecular complexity index is 726. The molecule has 0 N–H and O–H groups in total. The Morgan fingerprint density at radius 2 is 1.80 bits per heavy atom. The lowest BCUT2D eigenvalue weighted by atomic mass is 10.0. The molecule has 0 radical (unpaired) electrons. The van der Waals surface area contributed by atoms with Crippen LogP contribution in [0.2, 0.25) is 0 Å². The van der Waals surface area contributed by atoms with Crippen LogP contribution in [0.3, 0.4) is 0 Å². The van der Waals surface area contributed by atoms with Crippen LogP contribution in [0.15, 0.2) is 30.3 Å². The van der Waals surface area contributed by atoms with Crippen LogP contribution in [0.4, 0.5) is 4.79 Å². The van der Waals surface area contributed by atoms with Gasteiger partial charge in [-0.15, -0.1) is 5.10 Å². The van der Waals surface area contributed by atoms with Crippen molar-refractivity contribution in [2.24, 2.45) is 0 Å². The largest absolute Gasteiger partial charge is 0.444 e. The molecule has 1 aromatic heterocycles. The number of hydrogen-bond donors (Lipinski definition) is 0. The predicted molar refractivity (Wildman–Crippen MR) is 96.3 cm³/mol. The lowest BCUT2D eigenvalue weighted by Crippen LogP contribution is -2.42. The Morgan fingerprint density at radius 3 is 2.40 bits per heavy atom. The van der Waals surface area contributed by atoms with E-state index >= 15 is 0 Å². The number of aromatic nitrogens is 3. The van der Waals surface area contributed by atoms with Crippen LogP contribution in [0.25, 0.3) is 11.3 Å². The minimum absolute atomic E-state index is 0.232. The van der Waals surface area contributed by atoms with Crippen molar-refractivity contribution >= 4 is 6.09 Å². The van der Waals surface area contributed by atoms with Gasteiger partial charge >= 0.3 is 6.09 Å². The fraction of sp³-hybridized carbons (Fsp3) is 0.526. The van der Waals surface area contributed by atoms with E-state index in [1.165, 1.54) is 0 Å². The first kappa shape index (κ1) is 17.5. The van der Waals surface area contributed by atoms with Crippen LogP contribution in [-0.4, -0.2) is 44.7 Å². The number of aryl methyl sites for hydroxylation is 1. The summed E-state index contributed by atoms with van der Waals surface area (Å²) in [5.74, 6) is 0. The quantitative estimate of drug-likeness (QED) is 0.832. The molecule has 25 heavy (non-hydrogen) atoms. The van der Waals surface area contributed by atoms with Crippen LogP contribution < -0.4 is 0 Å². The van der Waals surface area contributed by atoms with E-state index in [1.807, 2.05) is 50.6 Å². The molecule has 0 spiro atoms. The molecule has 134 valence electrons. The summed E-state index contributed by atoms with van der Waals surface area (Å²) in [6, 6.07) is 10.5. The van der Waals surface area contributed by atoms with Crippen LogP contribution in [0.1, 0.15) is 45.3 Å². The highest BCUT2D eigenvalue weighted by atomic mass is 16.6. The first-order chi connectivity index (χ1) is 11.8. The van der Waals surface area contributed by atoms with E-state index in [2.05, 4.69) is 22.4 Å². The molecule has 1 amide bonds. The fourth-order valence-electron chi connectivity index (χ4n) is 3.19. The zero-order chi connectivity index (χ0) is 18.0. The zero-order valence-corrected chi connectivity index (χ0v) is 15.4. The molecule has 2 heterocycles. The van der Waals surface area contributed by atoms with Gasteiger partial charge < -0.3 is 9.64 Å². The Morgan fingerprint density at radius 1 is 1.16 bits per heavy atom. The second-order valence-corrected chi connectivity index (χ2v) is 7.53. The van der Waals surface area contributed by atoms with Gasteiger partial charge in [-0.25, -0.2) is 9.48 Å². The molecule has 1 aliphatic heterocycles. The van der Waals surface area contributed by atoms with Crippen molar-refractivity contribution in [3.63, 3.8) is 0 Å². The molecule has 0 unspecified atom stereocenters. The summed E-state index contributed by atoms with van der Waals surface area (Å²) in [6.45, 7) is 9.01. The number of carbonyl (C=O) groups excluding carboxylic acids is 1. The molecule has 2 aromatic rings. The first-order valence-corrected chi connectivity index (χ1v) is 8.80. The van der Waals surface area contributed by atoms with Crippen molar-refractivity contribution in [2.45, 2.75) is 52.2 Å². The van der Waals surface area contributed by atoms with Crippen molar-refractivity contribution in [3.8, 4) is 11.3 Å². The van der Waals surface area contributed by atoms with Crippen molar-refractivity contribution < 1.29 is 9.53 Å². The van der Waals surface area contributed by atoms with Gasteiger partial charge in [0.25, 0.3) is 0 Å². The number of benzene rings is 1. The maximum Gasteiger partial charge on any atom is 0.410 e. The molecule has 0 saturated carbocycles. The average Bonchev–Trinajstić information content (AvgIpc) is 2.96. The van der Waals surface area contributed by atoms with E-state index in [4.69, 9.17) is 4.74 Å². The van der Waals surface area contributed by atoms with Gasteiger partial charge in [0.1, 0.15) is 5.60 Å². The summed E-state index contributed by atoms with van der Waals surface area (Å²) in [6.07, 6.45) is 1.47. The van der Waals surface area contributed by atoms with Gasteiger partial charge in [0, 0.05) is 18.7 Å². The molecule has 1 aliphatic rings. The molecule has 1 aromatic carbocycles. The van der Waals surface area contributed by atoms with E-state index in [9.17, 15) is 4.79 Å². The molecular weight excluding hydrogens is 316 g/mol. The second-order valence-electron chi connectivity index (χ2n) is 7.53. The summed E-state index contributed by atoms with van der Waals surface area (Å²) >= 11 is 0. The molecule has 0 atom stereocenters. The van der Waals surface area contributed by atoms with Gasteiger partial charge in [0.05, 0.1) is 17.4 Å². The summed E-state index contributed by atoms with van der Waals surface area (Å²) < 4.78 is 7.49. The van der Waals surface area contributed by atoms with Crippen LogP contribution in [-0.2, 0) is 4.74 Å². The number of hydrogen-bond acceptors (Lipinski definition) is 4. The lowest BCUT2D eigenvalue weighted by molar-refractivity contribution is 0.0185. The van der Waals surface area contributed by atoms with E-state index in [1.54, 1.807) is 4.90 Å². The number of piperidine rings is 1. The third kappa shape index (κ3) is 4.00. The molecular formula is C19H26N4O2. The van der Waals surface area contributed by atoms with Crippen molar-refractivity contribution in [2.75, 3.05) is 13.1 Å². The fourth-order valence-corrected chi connectivity index (χ4v) is 3.19. The molecule has 3 rings (SSSR count). The predicted octanol–water partition coefficient (Wildman–Crippen LogP) is 3.83. The Balaban J connectivity index is 1.71. The number of ether oxygens (including phenoxy) is 1. The highest BCUT2D eigenvalue weighted by molar-refractivity contribution is 5.68. The van der Waals surface area contributed by atoms with E-state index in [0.29, 0.717) is 13.1 Å². The van der Waals surface area contributed by atoms with E-state index in [0.717, 1.165) is 29.8 Å². The van der Waals surface area contributed by atoms with E-state index in [-0.39, 0.29) is 12.1 Å². The van der Waals surface area contributed by atoms with Gasteiger partial charge in [0.2, 0.25) is 0 Å². The van der Waals surface area contributed by atoms with Gasteiger partial charge in [0.15, 0.2) is 0 Å². The zero-order valence-electron chi connectivity index (χ0n) is 15.4. The SMILES string of the molecule is Cc1nnn(C2CCN(C(=O)OC(C)(C)C)CC2)c1-c1ccccc1. The van der Waals surface area contributed by atoms with Gasteiger partial charge in [-0.2, -0.15) is 0 Å². The molecule has 1 saturated heterocycles. The minimum atomic E-state index is -0.461. The summed E-state index contributed by atoms with van der Waals surface area (Å²) in [4.78, 5) is 14.0. The molecule has 0 aliphatic carbocycles. The maximum absolute atomic E-state index is 12.2. The summed E-state index contributed by atoms with van der Waals surface area (Å²) in [7, 11) is 0. The van der Waals surface area contributed by atoms with Crippen molar-refractivity contribution in [1.82, 2.24) is 19.9 Å². The smallest absolute Gasteiger partial charge is 0.410 e. The molecule has 6 nitrogen and oxygen atoms in total. The number of nitrogens with zero attached hydrogens (tertiary/aromatic N) is 4. The number of rotatable bonds is 2. The highest BCUT2D eigenvalue weighted by Gasteiger charge is 2.29. The topological polar surface area (TPSA) is 60.2 Å². The van der Waals surface area contributed by atoms with Gasteiger partial charge in [-0.3, -0.25) is 0 Å². The van der Waals surface area contributed by atoms with Crippen molar-refractivity contribution in [3.05, 3.63) is 36.0 Å². The minimum Gasteiger partial charge on any atom is -0.444 e. The second kappa shape index (κ2) is 6.86. The average molecular weight is 342 g/mol. The third-order valence-electron chi connectivity index (χ3n) is 4.37. The van der Waals surface area contributed by atoms with Gasteiger partial charge in [-0.05, 0) is 40.5 Å². The van der Waals surface area contributed by atoms with E-state index < -0.39 is 5.60 Å². The third-order valence-corrected chi connectivity index (χ3v) is 4.37. The monoisotopic (exact) mass is 342 g/mol. The number of likely N-dealkylation sites (tertiary alicyclic amines) is 1.